The maximum Gasteiger partial charge on any atom is 0.388 e. The lowest BCUT2D eigenvalue weighted by atomic mass is 10.1. The van der Waals surface area contributed by atoms with Crippen molar-refractivity contribution in [3.8, 4) is 17.1 Å². The zero-order valence-electron chi connectivity index (χ0n) is 10.5. The fourth-order valence-corrected chi connectivity index (χ4v) is 1.91. The number of alkyl halides is 2. The Balaban J connectivity index is 2.53. The maximum absolute atomic E-state index is 14.1. The topological polar surface area (TPSA) is 64.4 Å². The first kappa shape index (κ1) is 15.2. The molecule has 112 valence electrons. The van der Waals surface area contributed by atoms with E-state index in [0.717, 1.165) is 10.7 Å². The highest BCUT2D eigenvalue weighted by Gasteiger charge is 2.23. The molecular formula is C12H8ClF3N2O3. The average molecular weight is 321 g/mol. The molecule has 2 aromatic rings. The highest BCUT2D eigenvalue weighted by molar-refractivity contribution is 6.33. The van der Waals surface area contributed by atoms with Crippen LogP contribution in [-0.2, 0) is 7.05 Å². The second-order valence-electron chi connectivity index (χ2n) is 3.97. The van der Waals surface area contributed by atoms with Crippen molar-refractivity contribution in [1.29, 1.82) is 0 Å². The summed E-state index contributed by atoms with van der Waals surface area (Å²) < 4.78 is 43.3. The molecule has 0 aliphatic rings. The van der Waals surface area contributed by atoms with Gasteiger partial charge in [-0.25, -0.2) is 9.48 Å². The summed E-state index contributed by atoms with van der Waals surface area (Å²) in [5.74, 6) is -3.16. The SMILES string of the molecule is Cn1nc(-c2ccc(Cl)c(C(=O)O)c2)c(F)c1OC(F)F. The molecule has 0 aliphatic carbocycles. The summed E-state index contributed by atoms with van der Waals surface area (Å²) in [6.45, 7) is -3.21. The lowest BCUT2D eigenvalue weighted by Gasteiger charge is -2.03. The Kier molecular flexibility index (Phi) is 4.08. The molecule has 0 unspecified atom stereocenters. The highest BCUT2D eigenvalue weighted by Crippen LogP contribution is 2.31. The Morgan fingerprint density at radius 3 is 2.71 bits per heavy atom. The van der Waals surface area contributed by atoms with E-state index in [-0.39, 0.29) is 21.8 Å². The molecule has 9 heteroatoms. The number of ether oxygens (including phenoxy) is 1. The van der Waals surface area contributed by atoms with E-state index in [1.165, 1.54) is 19.2 Å². The third kappa shape index (κ3) is 2.94. The monoisotopic (exact) mass is 320 g/mol. The van der Waals surface area contributed by atoms with Crippen LogP contribution in [0.25, 0.3) is 11.3 Å². The number of rotatable bonds is 4. The quantitative estimate of drug-likeness (QED) is 0.939. The van der Waals surface area contributed by atoms with Gasteiger partial charge in [0.1, 0.15) is 5.69 Å². The number of nitrogens with zero attached hydrogens (tertiary/aromatic N) is 2. The highest BCUT2D eigenvalue weighted by atomic mass is 35.5. The van der Waals surface area contributed by atoms with Crippen molar-refractivity contribution in [2.45, 2.75) is 6.61 Å². The molecule has 0 bridgehead atoms. The molecule has 5 nitrogen and oxygen atoms in total. The zero-order valence-corrected chi connectivity index (χ0v) is 11.2. The van der Waals surface area contributed by atoms with Gasteiger partial charge in [0.05, 0.1) is 10.6 Å². The molecule has 1 aromatic carbocycles. The van der Waals surface area contributed by atoms with Gasteiger partial charge in [-0.1, -0.05) is 17.7 Å². The van der Waals surface area contributed by atoms with Crippen LogP contribution < -0.4 is 4.74 Å². The number of hydrogen-bond donors (Lipinski definition) is 1. The number of carboxylic acid groups (broad SMARTS) is 1. The average Bonchev–Trinajstić information content (AvgIpc) is 2.66. The molecule has 21 heavy (non-hydrogen) atoms. The minimum Gasteiger partial charge on any atom is -0.478 e. The van der Waals surface area contributed by atoms with Crippen molar-refractivity contribution in [3.05, 3.63) is 34.6 Å². The van der Waals surface area contributed by atoms with E-state index in [4.69, 9.17) is 16.7 Å². The van der Waals surface area contributed by atoms with Gasteiger partial charge in [-0.3, -0.25) is 0 Å². The Hall–Kier alpha value is -2.22. The Bertz CT molecular complexity index is 703. The molecule has 2 rings (SSSR count). The van der Waals surface area contributed by atoms with E-state index in [2.05, 4.69) is 9.84 Å². The second-order valence-corrected chi connectivity index (χ2v) is 4.38. The van der Waals surface area contributed by atoms with Crippen LogP contribution >= 0.6 is 11.6 Å². The van der Waals surface area contributed by atoms with Crippen molar-refractivity contribution in [2.24, 2.45) is 7.05 Å². The molecule has 0 atom stereocenters. The summed E-state index contributed by atoms with van der Waals surface area (Å²) in [7, 11) is 1.22. The summed E-state index contributed by atoms with van der Waals surface area (Å²) in [5, 5.41) is 12.6. The van der Waals surface area contributed by atoms with Crippen molar-refractivity contribution >= 4 is 17.6 Å². The molecule has 0 aliphatic heterocycles. The molecule has 0 spiro atoms. The lowest BCUT2D eigenvalue weighted by Crippen LogP contribution is -2.07. The fourth-order valence-electron chi connectivity index (χ4n) is 1.72. The van der Waals surface area contributed by atoms with Gasteiger partial charge in [-0.15, -0.1) is 0 Å². The number of halogens is 4. The van der Waals surface area contributed by atoms with Gasteiger partial charge in [-0.05, 0) is 12.1 Å². The first-order chi connectivity index (χ1) is 9.81. The van der Waals surface area contributed by atoms with Gasteiger partial charge >= 0.3 is 12.6 Å². The van der Waals surface area contributed by atoms with E-state index >= 15 is 0 Å². The van der Waals surface area contributed by atoms with Crippen LogP contribution in [0.2, 0.25) is 5.02 Å². The minimum atomic E-state index is -3.21. The molecule has 1 N–H and O–H groups in total. The van der Waals surface area contributed by atoms with Crippen molar-refractivity contribution in [2.75, 3.05) is 0 Å². The first-order valence-corrected chi connectivity index (χ1v) is 5.89. The van der Waals surface area contributed by atoms with Gasteiger partial charge in [0.2, 0.25) is 5.82 Å². The van der Waals surface area contributed by atoms with Crippen LogP contribution in [0.3, 0.4) is 0 Å². The van der Waals surface area contributed by atoms with E-state index in [1.54, 1.807) is 0 Å². The number of carboxylic acids is 1. The Morgan fingerprint density at radius 2 is 2.14 bits per heavy atom. The minimum absolute atomic E-state index is 0.0355. The molecule has 0 amide bonds. The van der Waals surface area contributed by atoms with Crippen molar-refractivity contribution in [1.82, 2.24) is 9.78 Å². The molecule has 0 saturated carbocycles. The van der Waals surface area contributed by atoms with Gasteiger partial charge in [-0.2, -0.15) is 18.3 Å². The Labute approximate surface area is 121 Å². The molecule has 1 aromatic heterocycles. The standard InChI is InChI=1S/C12H8ClF3N2O3/c1-18-10(21-12(15)16)8(14)9(17-18)5-2-3-7(13)6(4-5)11(19)20/h2-4,12H,1H3,(H,19,20). The summed E-state index contributed by atoms with van der Waals surface area (Å²) >= 11 is 5.70. The fraction of sp³-hybridized carbons (Fsp3) is 0.167. The van der Waals surface area contributed by atoms with Crippen molar-refractivity contribution < 1.29 is 27.8 Å². The van der Waals surface area contributed by atoms with Crippen LogP contribution in [0.1, 0.15) is 10.4 Å². The normalized spacial score (nSPS) is 11.0. The molecular weight excluding hydrogens is 313 g/mol. The number of carbonyl (C=O) groups is 1. The van der Waals surface area contributed by atoms with E-state index in [9.17, 15) is 18.0 Å². The van der Waals surface area contributed by atoms with E-state index in [0.29, 0.717) is 0 Å². The number of aromatic carboxylic acids is 1. The number of aryl methyl sites for hydroxylation is 1. The van der Waals surface area contributed by atoms with Gasteiger partial charge < -0.3 is 9.84 Å². The molecule has 0 fully saturated rings. The maximum atomic E-state index is 14.1. The predicted octanol–water partition coefficient (Wildman–Crippen LogP) is 3.18. The Morgan fingerprint density at radius 1 is 1.48 bits per heavy atom. The second kappa shape index (κ2) is 5.65. The van der Waals surface area contributed by atoms with Gasteiger partial charge in [0.15, 0.2) is 0 Å². The third-order valence-electron chi connectivity index (χ3n) is 2.61. The van der Waals surface area contributed by atoms with Crippen LogP contribution in [0, 0.1) is 5.82 Å². The van der Waals surface area contributed by atoms with E-state index < -0.39 is 24.3 Å². The summed E-state index contributed by atoms with van der Waals surface area (Å²) in [6, 6.07) is 3.68. The smallest absolute Gasteiger partial charge is 0.388 e. The van der Waals surface area contributed by atoms with Crippen LogP contribution in [0.15, 0.2) is 18.2 Å². The van der Waals surface area contributed by atoms with Crippen molar-refractivity contribution in [3.63, 3.8) is 0 Å². The molecule has 1 heterocycles. The zero-order chi connectivity index (χ0) is 15.7. The van der Waals surface area contributed by atoms with E-state index in [1.807, 2.05) is 0 Å². The number of aromatic nitrogens is 2. The molecule has 0 radical (unpaired) electrons. The summed E-state index contributed by atoms with van der Waals surface area (Å²) in [4.78, 5) is 11.0. The lowest BCUT2D eigenvalue weighted by molar-refractivity contribution is -0.0576. The van der Waals surface area contributed by atoms with Crippen LogP contribution in [0.4, 0.5) is 13.2 Å². The number of hydrogen-bond acceptors (Lipinski definition) is 3. The molecule has 0 saturated heterocycles. The van der Waals surface area contributed by atoms with Gasteiger partial charge in [0.25, 0.3) is 5.88 Å². The first-order valence-electron chi connectivity index (χ1n) is 5.51. The van der Waals surface area contributed by atoms with Crippen LogP contribution in [-0.4, -0.2) is 27.5 Å². The summed E-state index contributed by atoms with van der Waals surface area (Å²) in [5.41, 5.74) is -0.489. The van der Waals surface area contributed by atoms with Crippen LogP contribution in [0.5, 0.6) is 5.88 Å². The summed E-state index contributed by atoms with van der Waals surface area (Å²) in [6.07, 6.45) is 0. The number of benzene rings is 1. The van der Waals surface area contributed by atoms with Gasteiger partial charge in [0, 0.05) is 12.6 Å². The third-order valence-corrected chi connectivity index (χ3v) is 2.94. The predicted molar refractivity (Wildman–Crippen MR) is 67.2 cm³/mol. The largest absolute Gasteiger partial charge is 0.478 e.